The van der Waals surface area contributed by atoms with E-state index >= 15 is 0 Å². The lowest BCUT2D eigenvalue weighted by Crippen LogP contribution is -2.19. The van der Waals surface area contributed by atoms with Gasteiger partial charge in [-0.3, -0.25) is 4.79 Å². The van der Waals surface area contributed by atoms with Crippen LogP contribution in [0.4, 0.5) is 5.95 Å². The summed E-state index contributed by atoms with van der Waals surface area (Å²) in [5, 5.41) is 10.1. The zero-order valence-corrected chi connectivity index (χ0v) is 13.9. The molecule has 2 fully saturated rings. The number of aromatic nitrogens is 3. The van der Waals surface area contributed by atoms with Crippen molar-refractivity contribution in [2.45, 2.75) is 38.2 Å². The molecule has 3 heterocycles. The standard InChI is InChI=1S/C16H20N4O2.CH2O2/c1-2-13(21-5-1)9-19-16-17-7-12(8-18-16)15-14(20-10-22-15)6-11-3-4-11;2-1-3/h7-8,10-11,13H,1-6,9H2,(H,17,18,19);1H,(H,2,3). The average molecular weight is 346 g/mol. The SMILES string of the molecule is O=CO.c1nc(CC2CC2)c(-c2cnc(NCC3CCCO3)nc2)o1. The number of anilines is 1. The summed E-state index contributed by atoms with van der Waals surface area (Å²) in [6.07, 6.45) is 11.2. The molecular weight excluding hydrogens is 324 g/mol. The van der Waals surface area contributed by atoms with Crippen molar-refractivity contribution in [2.24, 2.45) is 5.92 Å². The quantitative estimate of drug-likeness (QED) is 0.767. The molecule has 1 saturated carbocycles. The first-order chi connectivity index (χ1) is 12.3. The van der Waals surface area contributed by atoms with Gasteiger partial charge in [-0.25, -0.2) is 15.0 Å². The van der Waals surface area contributed by atoms with E-state index in [1.54, 1.807) is 12.4 Å². The van der Waals surface area contributed by atoms with Crippen LogP contribution >= 0.6 is 0 Å². The normalized spacial score (nSPS) is 19.1. The summed E-state index contributed by atoms with van der Waals surface area (Å²) in [5.41, 5.74) is 1.90. The molecule has 2 N–H and O–H groups in total. The highest BCUT2D eigenvalue weighted by molar-refractivity contribution is 5.58. The van der Waals surface area contributed by atoms with Crippen molar-refractivity contribution in [1.82, 2.24) is 15.0 Å². The van der Waals surface area contributed by atoms with E-state index in [1.165, 1.54) is 19.2 Å². The van der Waals surface area contributed by atoms with Crippen LogP contribution in [0, 0.1) is 5.92 Å². The first-order valence-electron chi connectivity index (χ1n) is 8.48. The fourth-order valence-electron chi connectivity index (χ4n) is 2.79. The highest BCUT2D eigenvalue weighted by atomic mass is 16.5. The molecule has 0 radical (unpaired) electrons. The second kappa shape index (κ2) is 8.57. The Morgan fingerprint density at radius 2 is 2.00 bits per heavy atom. The van der Waals surface area contributed by atoms with Crippen molar-refractivity contribution in [3.05, 3.63) is 24.5 Å². The second-order valence-electron chi connectivity index (χ2n) is 6.19. The van der Waals surface area contributed by atoms with Crippen molar-refractivity contribution >= 4 is 12.4 Å². The van der Waals surface area contributed by atoms with Crippen LogP contribution < -0.4 is 5.32 Å². The summed E-state index contributed by atoms with van der Waals surface area (Å²) in [6.45, 7) is 1.37. The van der Waals surface area contributed by atoms with Crippen molar-refractivity contribution in [3.63, 3.8) is 0 Å². The van der Waals surface area contributed by atoms with Crippen molar-refractivity contribution < 1.29 is 19.1 Å². The topological polar surface area (TPSA) is 110 Å². The van der Waals surface area contributed by atoms with E-state index in [0.29, 0.717) is 5.95 Å². The lowest BCUT2D eigenvalue weighted by molar-refractivity contribution is -0.122. The van der Waals surface area contributed by atoms with Crippen LogP contribution in [0.25, 0.3) is 11.3 Å². The van der Waals surface area contributed by atoms with Crippen molar-refractivity contribution in [2.75, 3.05) is 18.5 Å². The molecule has 1 aliphatic heterocycles. The Labute approximate surface area is 145 Å². The molecule has 1 aliphatic carbocycles. The summed E-state index contributed by atoms with van der Waals surface area (Å²) in [6, 6.07) is 0. The predicted molar refractivity (Wildman–Crippen MR) is 90.1 cm³/mol. The molecule has 1 unspecified atom stereocenters. The van der Waals surface area contributed by atoms with E-state index in [-0.39, 0.29) is 12.6 Å². The van der Waals surface area contributed by atoms with Crippen molar-refractivity contribution in [1.29, 1.82) is 0 Å². The van der Waals surface area contributed by atoms with Gasteiger partial charge in [0, 0.05) is 25.5 Å². The molecular formula is C17H22N4O4. The third-order valence-electron chi connectivity index (χ3n) is 4.25. The number of carbonyl (C=O) groups is 1. The molecule has 1 saturated heterocycles. The number of nitrogens with one attached hydrogen (secondary N) is 1. The molecule has 0 spiro atoms. The minimum Gasteiger partial charge on any atom is -0.483 e. The molecule has 0 amide bonds. The van der Waals surface area contributed by atoms with Crippen LogP contribution in [0.1, 0.15) is 31.4 Å². The molecule has 2 aromatic heterocycles. The molecule has 25 heavy (non-hydrogen) atoms. The maximum atomic E-state index is 8.36. The van der Waals surface area contributed by atoms with Crippen LogP contribution in [0.3, 0.4) is 0 Å². The minimum absolute atomic E-state index is 0.250. The Morgan fingerprint density at radius 3 is 2.64 bits per heavy atom. The van der Waals surface area contributed by atoms with E-state index < -0.39 is 0 Å². The number of rotatable bonds is 6. The number of ether oxygens (including phenoxy) is 1. The van der Waals surface area contributed by atoms with Gasteiger partial charge in [0.15, 0.2) is 12.2 Å². The van der Waals surface area contributed by atoms with Gasteiger partial charge in [-0.2, -0.15) is 0 Å². The monoisotopic (exact) mass is 346 g/mol. The average Bonchev–Trinajstić information content (AvgIpc) is 3.10. The van der Waals surface area contributed by atoms with Crippen LogP contribution in [-0.4, -0.2) is 45.8 Å². The van der Waals surface area contributed by atoms with E-state index in [0.717, 1.165) is 55.3 Å². The fourth-order valence-corrected chi connectivity index (χ4v) is 2.79. The molecule has 4 rings (SSSR count). The Bertz CT molecular complexity index is 664. The third-order valence-corrected chi connectivity index (χ3v) is 4.25. The largest absolute Gasteiger partial charge is 0.483 e. The highest BCUT2D eigenvalue weighted by Gasteiger charge is 2.25. The molecule has 2 aromatic rings. The Balaban J connectivity index is 0.000000569. The van der Waals surface area contributed by atoms with E-state index in [4.69, 9.17) is 19.1 Å². The number of nitrogens with zero attached hydrogens (tertiary/aromatic N) is 3. The van der Waals surface area contributed by atoms with Gasteiger partial charge in [-0.1, -0.05) is 0 Å². The van der Waals surface area contributed by atoms with Crippen LogP contribution in [0.5, 0.6) is 0 Å². The maximum Gasteiger partial charge on any atom is 0.290 e. The van der Waals surface area contributed by atoms with Crippen LogP contribution in [0.15, 0.2) is 23.2 Å². The van der Waals surface area contributed by atoms with Gasteiger partial charge in [-0.05, 0) is 38.0 Å². The number of hydrogen-bond acceptors (Lipinski definition) is 7. The van der Waals surface area contributed by atoms with Crippen LogP contribution in [-0.2, 0) is 16.0 Å². The third kappa shape index (κ3) is 4.99. The first kappa shape index (κ1) is 17.3. The summed E-state index contributed by atoms with van der Waals surface area (Å²) < 4.78 is 11.1. The molecule has 8 heteroatoms. The lowest BCUT2D eigenvalue weighted by Gasteiger charge is -2.10. The van der Waals surface area contributed by atoms with Gasteiger partial charge in [0.1, 0.15) is 0 Å². The minimum atomic E-state index is -0.250. The summed E-state index contributed by atoms with van der Waals surface area (Å²) in [7, 11) is 0. The predicted octanol–water partition coefficient (Wildman–Crippen LogP) is 2.38. The molecule has 0 bridgehead atoms. The Morgan fingerprint density at radius 1 is 1.24 bits per heavy atom. The molecule has 1 atom stereocenters. The van der Waals surface area contributed by atoms with E-state index in [9.17, 15) is 0 Å². The van der Waals surface area contributed by atoms with Gasteiger partial charge in [0.05, 0.1) is 17.4 Å². The van der Waals surface area contributed by atoms with Gasteiger partial charge >= 0.3 is 0 Å². The zero-order chi connectivity index (χ0) is 17.5. The first-order valence-corrected chi connectivity index (χ1v) is 8.48. The van der Waals surface area contributed by atoms with Gasteiger partial charge in [0.25, 0.3) is 6.47 Å². The summed E-state index contributed by atoms with van der Waals surface area (Å²) >= 11 is 0. The van der Waals surface area contributed by atoms with Gasteiger partial charge in [-0.15, -0.1) is 0 Å². The van der Waals surface area contributed by atoms with Gasteiger partial charge in [0.2, 0.25) is 5.95 Å². The van der Waals surface area contributed by atoms with Crippen molar-refractivity contribution in [3.8, 4) is 11.3 Å². The zero-order valence-electron chi connectivity index (χ0n) is 13.9. The van der Waals surface area contributed by atoms with E-state index in [1.807, 2.05) is 0 Å². The second-order valence-corrected chi connectivity index (χ2v) is 6.19. The molecule has 134 valence electrons. The number of carboxylic acid groups (broad SMARTS) is 1. The summed E-state index contributed by atoms with van der Waals surface area (Å²) in [5.74, 6) is 2.21. The lowest BCUT2D eigenvalue weighted by atomic mass is 10.1. The fraction of sp³-hybridized carbons (Fsp3) is 0.529. The van der Waals surface area contributed by atoms with Crippen LogP contribution in [0.2, 0.25) is 0 Å². The molecule has 8 nitrogen and oxygen atoms in total. The number of oxazole rings is 1. The smallest absolute Gasteiger partial charge is 0.290 e. The highest BCUT2D eigenvalue weighted by Crippen LogP contribution is 2.35. The Kier molecular flexibility index (Phi) is 5.95. The van der Waals surface area contributed by atoms with Gasteiger partial charge < -0.3 is 19.6 Å². The Hall–Kier alpha value is -2.48. The van der Waals surface area contributed by atoms with E-state index in [2.05, 4.69) is 20.3 Å². The maximum absolute atomic E-state index is 8.36. The molecule has 2 aliphatic rings. The summed E-state index contributed by atoms with van der Waals surface area (Å²) in [4.78, 5) is 21.4. The molecule has 0 aromatic carbocycles. The number of hydrogen-bond donors (Lipinski definition) is 2.